The van der Waals surface area contributed by atoms with Crippen molar-refractivity contribution in [1.29, 1.82) is 0 Å². The molecule has 0 spiro atoms. The van der Waals surface area contributed by atoms with E-state index in [1.807, 2.05) is 0 Å². The molecule has 12 heavy (non-hydrogen) atoms. The maximum atomic E-state index is 3.98. The molecule has 0 aliphatic heterocycles. The van der Waals surface area contributed by atoms with E-state index in [4.69, 9.17) is 0 Å². The van der Waals surface area contributed by atoms with E-state index >= 15 is 0 Å². The lowest BCUT2D eigenvalue weighted by Crippen LogP contribution is -2.16. The quantitative estimate of drug-likeness (QED) is 0.570. The number of hydrogen-bond acceptors (Lipinski definition) is 0. The second kappa shape index (κ2) is 4.30. The SMILES string of the molecule is [CH2]CC(C)(C)CCC(C)(C)CC. The molecule has 0 N–H and O–H groups in total. The molecule has 0 rings (SSSR count). The summed E-state index contributed by atoms with van der Waals surface area (Å²) in [5, 5.41) is 0. The van der Waals surface area contributed by atoms with Crippen LogP contribution in [0.4, 0.5) is 0 Å². The average molecular weight is 169 g/mol. The number of hydrogen-bond donors (Lipinski definition) is 0. The van der Waals surface area contributed by atoms with Crippen LogP contribution in [0.15, 0.2) is 0 Å². The van der Waals surface area contributed by atoms with E-state index in [0.29, 0.717) is 10.8 Å². The van der Waals surface area contributed by atoms with Crippen LogP contribution >= 0.6 is 0 Å². The van der Waals surface area contributed by atoms with Crippen LogP contribution in [0.5, 0.6) is 0 Å². The molecule has 73 valence electrons. The first-order valence-corrected chi connectivity index (χ1v) is 5.12. The van der Waals surface area contributed by atoms with Crippen molar-refractivity contribution in [3.63, 3.8) is 0 Å². The Labute approximate surface area is 78.8 Å². The predicted molar refractivity (Wildman–Crippen MR) is 57.1 cm³/mol. The fourth-order valence-corrected chi connectivity index (χ4v) is 0.979. The monoisotopic (exact) mass is 169 g/mol. The Kier molecular flexibility index (Phi) is 4.30. The highest BCUT2D eigenvalue weighted by Gasteiger charge is 2.21. The molecular weight excluding hydrogens is 144 g/mol. The Morgan fingerprint density at radius 2 is 1.33 bits per heavy atom. The minimum Gasteiger partial charge on any atom is -0.0649 e. The number of rotatable bonds is 5. The van der Waals surface area contributed by atoms with Crippen molar-refractivity contribution < 1.29 is 0 Å². The van der Waals surface area contributed by atoms with E-state index in [-0.39, 0.29) is 0 Å². The largest absolute Gasteiger partial charge is 0.0649 e. The van der Waals surface area contributed by atoms with Crippen LogP contribution in [0.2, 0.25) is 0 Å². The zero-order valence-electron chi connectivity index (χ0n) is 9.54. The Balaban J connectivity index is 3.82. The lowest BCUT2D eigenvalue weighted by Gasteiger charge is -2.29. The van der Waals surface area contributed by atoms with Crippen molar-refractivity contribution in [2.75, 3.05) is 0 Å². The van der Waals surface area contributed by atoms with Crippen LogP contribution in [-0.4, -0.2) is 0 Å². The Hall–Kier alpha value is 0. The van der Waals surface area contributed by atoms with Crippen molar-refractivity contribution in [1.82, 2.24) is 0 Å². The van der Waals surface area contributed by atoms with E-state index in [1.54, 1.807) is 0 Å². The van der Waals surface area contributed by atoms with Gasteiger partial charge in [0.1, 0.15) is 0 Å². The van der Waals surface area contributed by atoms with Gasteiger partial charge in [-0.1, -0.05) is 48.0 Å². The lowest BCUT2D eigenvalue weighted by atomic mass is 9.77. The van der Waals surface area contributed by atoms with Gasteiger partial charge in [0.05, 0.1) is 0 Å². The molecule has 0 aliphatic rings. The smallest absolute Gasteiger partial charge is 0.0354 e. The first kappa shape index (κ1) is 12.0. The summed E-state index contributed by atoms with van der Waals surface area (Å²) in [6, 6.07) is 0. The summed E-state index contributed by atoms with van der Waals surface area (Å²) in [4.78, 5) is 0. The van der Waals surface area contributed by atoms with Gasteiger partial charge in [-0.2, -0.15) is 0 Å². The average Bonchev–Trinajstić information content (AvgIpc) is 2.02. The highest BCUT2D eigenvalue weighted by molar-refractivity contribution is 4.75. The maximum absolute atomic E-state index is 3.98. The highest BCUT2D eigenvalue weighted by atomic mass is 14.3. The van der Waals surface area contributed by atoms with Gasteiger partial charge in [-0.3, -0.25) is 0 Å². The van der Waals surface area contributed by atoms with Gasteiger partial charge in [-0.25, -0.2) is 0 Å². The van der Waals surface area contributed by atoms with Crippen molar-refractivity contribution in [3.05, 3.63) is 6.92 Å². The van der Waals surface area contributed by atoms with E-state index in [9.17, 15) is 0 Å². The lowest BCUT2D eigenvalue weighted by molar-refractivity contribution is 0.234. The minimum atomic E-state index is 0.437. The van der Waals surface area contributed by atoms with Crippen LogP contribution in [-0.2, 0) is 0 Å². The molecular formula is C12H25. The molecule has 0 bridgehead atoms. The first-order chi connectivity index (χ1) is 5.33. The van der Waals surface area contributed by atoms with E-state index in [1.165, 1.54) is 19.3 Å². The van der Waals surface area contributed by atoms with Crippen molar-refractivity contribution >= 4 is 0 Å². The minimum absolute atomic E-state index is 0.437. The first-order valence-electron chi connectivity index (χ1n) is 5.12. The standard InChI is InChI=1S/C12H25/c1-7-11(3,4)9-10-12(5,6)8-2/h1,7-10H2,2-6H3. The third-order valence-corrected chi connectivity index (χ3v) is 3.11. The third kappa shape index (κ3) is 4.79. The van der Waals surface area contributed by atoms with E-state index < -0.39 is 0 Å². The Morgan fingerprint density at radius 3 is 1.67 bits per heavy atom. The molecule has 0 aliphatic carbocycles. The van der Waals surface area contributed by atoms with E-state index in [0.717, 1.165) is 6.42 Å². The van der Waals surface area contributed by atoms with Crippen LogP contribution in [0.1, 0.15) is 60.3 Å². The maximum Gasteiger partial charge on any atom is -0.0354 e. The summed E-state index contributed by atoms with van der Waals surface area (Å²) in [6.45, 7) is 15.6. The van der Waals surface area contributed by atoms with Crippen LogP contribution in [0.3, 0.4) is 0 Å². The predicted octanol–water partition coefficient (Wildman–Crippen LogP) is 4.45. The zero-order chi connectivity index (χ0) is 9.83. The molecule has 0 saturated heterocycles. The molecule has 0 amide bonds. The molecule has 0 fully saturated rings. The van der Waals surface area contributed by atoms with Crippen LogP contribution in [0.25, 0.3) is 0 Å². The molecule has 0 aromatic carbocycles. The molecule has 0 saturated carbocycles. The molecule has 0 heteroatoms. The fraction of sp³-hybridized carbons (Fsp3) is 0.917. The zero-order valence-corrected chi connectivity index (χ0v) is 9.54. The van der Waals surface area contributed by atoms with Gasteiger partial charge in [0.15, 0.2) is 0 Å². The van der Waals surface area contributed by atoms with Gasteiger partial charge >= 0.3 is 0 Å². The van der Waals surface area contributed by atoms with Gasteiger partial charge in [-0.05, 0) is 30.1 Å². The summed E-state index contributed by atoms with van der Waals surface area (Å²) in [7, 11) is 0. The summed E-state index contributed by atoms with van der Waals surface area (Å²) in [5.74, 6) is 0. The third-order valence-electron chi connectivity index (χ3n) is 3.11. The molecule has 0 aromatic rings. The van der Waals surface area contributed by atoms with Crippen molar-refractivity contribution in [3.8, 4) is 0 Å². The van der Waals surface area contributed by atoms with Crippen molar-refractivity contribution in [2.24, 2.45) is 10.8 Å². The van der Waals surface area contributed by atoms with Crippen LogP contribution in [0, 0.1) is 17.8 Å². The van der Waals surface area contributed by atoms with Gasteiger partial charge < -0.3 is 0 Å². The summed E-state index contributed by atoms with van der Waals surface area (Å²) in [5.41, 5.74) is 0.957. The van der Waals surface area contributed by atoms with Crippen molar-refractivity contribution in [2.45, 2.75) is 60.3 Å². The molecule has 1 radical (unpaired) electrons. The Morgan fingerprint density at radius 1 is 0.917 bits per heavy atom. The summed E-state index contributed by atoms with van der Waals surface area (Å²) in [6.07, 6.45) is 4.95. The highest BCUT2D eigenvalue weighted by Crippen LogP contribution is 2.34. The Bertz CT molecular complexity index is 104. The van der Waals surface area contributed by atoms with Gasteiger partial charge in [0.25, 0.3) is 0 Å². The topological polar surface area (TPSA) is 0 Å². The summed E-state index contributed by atoms with van der Waals surface area (Å²) < 4.78 is 0. The second-order valence-electron chi connectivity index (χ2n) is 5.43. The van der Waals surface area contributed by atoms with Crippen LogP contribution < -0.4 is 0 Å². The normalized spacial score (nSPS) is 13.5. The second-order valence-corrected chi connectivity index (χ2v) is 5.43. The van der Waals surface area contributed by atoms with Gasteiger partial charge in [-0.15, -0.1) is 0 Å². The van der Waals surface area contributed by atoms with Gasteiger partial charge in [0, 0.05) is 0 Å². The molecule has 0 unspecified atom stereocenters. The molecule has 0 nitrogen and oxygen atoms in total. The molecule has 0 heterocycles. The fourth-order valence-electron chi connectivity index (χ4n) is 0.979. The molecule has 0 aromatic heterocycles. The van der Waals surface area contributed by atoms with Gasteiger partial charge in [0.2, 0.25) is 0 Å². The molecule has 0 atom stereocenters. The van der Waals surface area contributed by atoms with E-state index in [2.05, 4.69) is 41.5 Å². The summed E-state index contributed by atoms with van der Waals surface area (Å²) >= 11 is 0.